The molecule has 0 aliphatic heterocycles. The number of hydrogen-bond donors (Lipinski definition) is 2. The monoisotopic (exact) mass is 369 g/mol. The number of nitrogens with one attached hydrogen (secondary N) is 1. The average molecular weight is 369 g/mol. The van der Waals surface area contributed by atoms with E-state index in [2.05, 4.69) is 20.3 Å². The molecule has 1 aromatic carbocycles. The zero-order valence-corrected chi connectivity index (χ0v) is 14.4. The molecule has 132 valence electrons. The minimum Gasteiger partial charge on any atom is -0.473 e. The smallest absolute Gasteiger partial charge is 0.276 e. The fourth-order valence-corrected chi connectivity index (χ4v) is 2.76. The highest BCUT2D eigenvalue weighted by molar-refractivity contribution is 7.14. The maximum Gasteiger partial charge on any atom is 0.276 e. The molecule has 0 radical (unpaired) electrons. The maximum absolute atomic E-state index is 12.3. The highest BCUT2D eigenvalue weighted by Gasteiger charge is 2.13. The molecule has 0 spiro atoms. The molecule has 0 aliphatic rings. The van der Waals surface area contributed by atoms with E-state index in [4.69, 9.17) is 10.5 Å². The standard InChI is InChI=1S/C17H15N5O3S/c18-14(23)6-12-9-26-17(21-12)22-16(24)13-7-15(20-10-19-13)25-8-11-4-2-1-3-5-11/h1-5,7,9-10H,6,8H2,(H2,18,23)(H,21,22,24). The number of carbonyl (C=O) groups excluding carboxylic acids is 2. The molecule has 2 amide bonds. The first-order valence-corrected chi connectivity index (χ1v) is 8.51. The zero-order chi connectivity index (χ0) is 18.4. The second-order valence-electron chi connectivity index (χ2n) is 5.26. The number of carbonyl (C=O) groups is 2. The van der Waals surface area contributed by atoms with Crippen LogP contribution in [0.5, 0.6) is 5.88 Å². The Morgan fingerprint density at radius 3 is 2.77 bits per heavy atom. The fraction of sp³-hybridized carbons (Fsp3) is 0.118. The minimum atomic E-state index is -0.482. The maximum atomic E-state index is 12.3. The molecule has 3 aromatic rings. The normalized spacial score (nSPS) is 10.3. The summed E-state index contributed by atoms with van der Waals surface area (Å²) >= 11 is 1.20. The molecule has 0 saturated heterocycles. The predicted octanol–water partition coefficient (Wildman–Crippen LogP) is 1.79. The second kappa shape index (κ2) is 8.17. The van der Waals surface area contributed by atoms with Gasteiger partial charge in [-0.05, 0) is 5.56 Å². The summed E-state index contributed by atoms with van der Waals surface area (Å²) in [5.41, 5.74) is 6.76. The summed E-state index contributed by atoms with van der Waals surface area (Å²) in [6, 6.07) is 11.1. The van der Waals surface area contributed by atoms with Crippen molar-refractivity contribution >= 4 is 28.3 Å². The zero-order valence-electron chi connectivity index (χ0n) is 13.6. The van der Waals surface area contributed by atoms with Crippen molar-refractivity contribution in [2.75, 3.05) is 5.32 Å². The lowest BCUT2D eigenvalue weighted by Gasteiger charge is -2.06. The highest BCUT2D eigenvalue weighted by atomic mass is 32.1. The van der Waals surface area contributed by atoms with Crippen molar-refractivity contribution in [1.29, 1.82) is 0 Å². The van der Waals surface area contributed by atoms with Gasteiger partial charge in [0.15, 0.2) is 5.13 Å². The van der Waals surface area contributed by atoms with Crippen LogP contribution in [0.25, 0.3) is 0 Å². The number of hydrogen-bond acceptors (Lipinski definition) is 7. The van der Waals surface area contributed by atoms with Gasteiger partial charge < -0.3 is 10.5 Å². The number of nitrogens with two attached hydrogens (primary N) is 1. The van der Waals surface area contributed by atoms with Gasteiger partial charge in [0.05, 0.1) is 12.1 Å². The van der Waals surface area contributed by atoms with Gasteiger partial charge in [-0.15, -0.1) is 11.3 Å². The quantitative estimate of drug-likeness (QED) is 0.655. The summed E-state index contributed by atoms with van der Waals surface area (Å²) in [6.07, 6.45) is 1.28. The first-order valence-electron chi connectivity index (χ1n) is 7.63. The number of rotatable bonds is 7. The third-order valence-electron chi connectivity index (χ3n) is 3.23. The van der Waals surface area contributed by atoms with Crippen molar-refractivity contribution < 1.29 is 14.3 Å². The first-order chi connectivity index (χ1) is 12.6. The van der Waals surface area contributed by atoms with Gasteiger partial charge in [-0.25, -0.2) is 15.0 Å². The summed E-state index contributed by atoms with van der Waals surface area (Å²) < 4.78 is 5.59. The lowest BCUT2D eigenvalue weighted by molar-refractivity contribution is -0.117. The van der Waals surface area contributed by atoms with E-state index >= 15 is 0 Å². The number of benzene rings is 1. The van der Waals surface area contributed by atoms with E-state index in [1.807, 2.05) is 30.3 Å². The minimum absolute atomic E-state index is 0.0252. The summed E-state index contributed by atoms with van der Waals surface area (Å²) in [4.78, 5) is 35.3. The lowest BCUT2D eigenvalue weighted by Crippen LogP contribution is -2.15. The number of primary amides is 1. The number of amides is 2. The predicted molar refractivity (Wildman–Crippen MR) is 95.8 cm³/mol. The number of nitrogens with zero attached hydrogens (tertiary/aromatic N) is 3. The van der Waals surface area contributed by atoms with Gasteiger partial charge in [0.25, 0.3) is 5.91 Å². The second-order valence-corrected chi connectivity index (χ2v) is 6.12. The number of ether oxygens (including phenoxy) is 1. The molecular formula is C17H15N5O3S. The van der Waals surface area contributed by atoms with E-state index in [0.717, 1.165) is 5.56 Å². The Morgan fingerprint density at radius 1 is 1.19 bits per heavy atom. The highest BCUT2D eigenvalue weighted by Crippen LogP contribution is 2.17. The average Bonchev–Trinajstić information content (AvgIpc) is 3.07. The first kappa shape index (κ1) is 17.5. The van der Waals surface area contributed by atoms with Crippen LogP contribution in [0, 0.1) is 0 Å². The van der Waals surface area contributed by atoms with Crippen molar-refractivity contribution in [3.63, 3.8) is 0 Å². The lowest BCUT2D eigenvalue weighted by atomic mass is 10.2. The summed E-state index contributed by atoms with van der Waals surface area (Å²) in [6.45, 7) is 0.335. The number of thiazole rings is 1. The van der Waals surface area contributed by atoms with Crippen molar-refractivity contribution in [2.45, 2.75) is 13.0 Å². The molecule has 3 rings (SSSR count). The molecule has 2 heterocycles. The molecule has 3 N–H and O–H groups in total. The molecule has 8 nitrogen and oxygen atoms in total. The van der Waals surface area contributed by atoms with Gasteiger partial charge in [0, 0.05) is 11.4 Å². The largest absolute Gasteiger partial charge is 0.473 e. The number of anilines is 1. The van der Waals surface area contributed by atoms with Crippen LogP contribution < -0.4 is 15.8 Å². The molecule has 0 bridgehead atoms. The Bertz CT molecular complexity index is 914. The summed E-state index contributed by atoms with van der Waals surface area (Å²) in [5, 5.41) is 4.64. The van der Waals surface area contributed by atoms with Crippen molar-refractivity contribution in [2.24, 2.45) is 5.73 Å². The Morgan fingerprint density at radius 2 is 2.00 bits per heavy atom. The molecule has 2 aromatic heterocycles. The van der Waals surface area contributed by atoms with E-state index < -0.39 is 11.8 Å². The van der Waals surface area contributed by atoms with Crippen LogP contribution in [0.3, 0.4) is 0 Å². The van der Waals surface area contributed by atoms with Gasteiger partial charge >= 0.3 is 0 Å². The topological polar surface area (TPSA) is 120 Å². The fourth-order valence-electron chi connectivity index (χ4n) is 2.06. The Hall–Kier alpha value is -3.33. The van der Waals surface area contributed by atoms with Crippen molar-refractivity contribution in [3.8, 4) is 5.88 Å². The molecule has 26 heavy (non-hydrogen) atoms. The van der Waals surface area contributed by atoms with Crippen LogP contribution >= 0.6 is 11.3 Å². The SMILES string of the molecule is NC(=O)Cc1csc(NC(=O)c2cc(OCc3ccccc3)ncn2)n1. The van der Waals surface area contributed by atoms with Gasteiger partial charge in [-0.1, -0.05) is 30.3 Å². The molecule has 9 heteroatoms. The van der Waals surface area contributed by atoms with E-state index in [-0.39, 0.29) is 12.1 Å². The Kier molecular flexibility index (Phi) is 5.49. The Balaban J connectivity index is 1.62. The molecule has 0 aliphatic carbocycles. The van der Waals surface area contributed by atoms with Crippen LogP contribution in [0.2, 0.25) is 0 Å². The molecular weight excluding hydrogens is 354 g/mol. The summed E-state index contributed by atoms with van der Waals surface area (Å²) in [7, 11) is 0. The van der Waals surface area contributed by atoms with E-state index in [0.29, 0.717) is 23.3 Å². The molecule has 0 atom stereocenters. The third kappa shape index (κ3) is 4.84. The van der Waals surface area contributed by atoms with Gasteiger partial charge in [-0.3, -0.25) is 14.9 Å². The van der Waals surface area contributed by atoms with Gasteiger partial charge in [0.2, 0.25) is 11.8 Å². The van der Waals surface area contributed by atoms with E-state index in [1.165, 1.54) is 23.7 Å². The van der Waals surface area contributed by atoms with Gasteiger partial charge in [0.1, 0.15) is 18.6 Å². The van der Waals surface area contributed by atoms with Crippen LogP contribution in [-0.4, -0.2) is 26.8 Å². The number of aromatic nitrogens is 3. The van der Waals surface area contributed by atoms with Crippen LogP contribution in [0.4, 0.5) is 5.13 Å². The van der Waals surface area contributed by atoms with E-state index in [9.17, 15) is 9.59 Å². The van der Waals surface area contributed by atoms with Crippen molar-refractivity contribution in [3.05, 3.63) is 65.1 Å². The van der Waals surface area contributed by atoms with Crippen LogP contribution in [0.1, 0.15) is 21.7 Å². The molecule has 0 unspecified atom stereocenters. The Labute approximate surface area is 153 Å². The third-order valence-corrected chi connectivity index (χ3v) is 4.04. The van der Waals surface area contributed by atoms with Crippen LogP contribution in [-0.2, 0) is 17.8 Å². The molecule has 0 fully saturated rings. The van der Waals surface area contributed by atoms with Crippen LogP contribution in [0.15, 0.2) is 48.1 Å². The summed E-state index contributed by atoms with van der Waals surface area (Å²) in [5.74, 6) is -0.635. The van der Waals surface area contributed by atoms with Gasteiger partial charge in [-0.2, -0.15) is 0 Å². The van der Waals surface area contributed by atoms with Crippen molar-refractivity contribution in [1.82, 2.24) is 15.0 Å². The van der Waals surface area contributed by atoms with E-state index in [1.54, 1.807) is 5.38 Å². The molecule has 0 saturated carbocycles.